The zero-order valence-electron chi connectivity index (χ0n) is 19.8. The molecular weight excluding hydrogens is 444 g/mol. The minimum Gasteiger partial charge on any atom is -0.383 e. The van der Waals surface area contributed by atoms with E-state index in [0.717, 1.165) is 6.92 Å². The quantitative estimate of drug-likeness (QED) is 0.512. The molecule has 0 aliphatic rings. The molecule has 0 fully saturated rings. The van der Waals surface area contributed by atoms with Crippen LogP contribution in [0.25, 0.3) is 11.4 Å². The van der Waals surface area contributed by atoms with E-state index in [2.05, 4.69) is 26.6 Å². The van der Waals surface area contributed by atoms with Crippen LogP contribution in [0.4, 0.5) is 20.4 Å². The smallest absolute Gasteiger partial charge is 0.257 e. The van der Waals surface area contributed by atoms with Gasteiger partial charge in [-0.15, -0.1) is 0 Å². The van der Waals surface area contributed by atoms with Crippen molar-refractivity contribution in [2.24, 2.45) is 0 Å². The van der Waals surface area contributed by atoms with E-state index in [1.807, 2.05) is 13.8 Å². The van der Waals surface area contributed by atoms with Gasteiger partial charge in [-0.1, -0.05) is 11.2 Å². The van der Waals surface area contributed by atoms with Crippen LogP contribution in [0, 0.1) is 11.3 Å². The molecule has 0 saturated heterocycles. The lowest BCUT2D eigenvalue weighted by molar-refractivity contribution is -0.117. The number of anilines is 2. The first-order valence-corrected chi connectivity index (χ1v) is 10.7. The van der Waals surface area contributed by atoms with Gasteiger partial charge < -0.3 is 15.6 Å². The average molecular weight is 472 g/mol. The minimum absolute atomic E-state index is 0.0324. The monoisotopic (exact) mass is 471 g/mol. The van der Waals surface area contributed by atoms with Crippen molar-refractivity contribution >= 4 is 17.5 Å². The van der Waals surface area contributed by atoms with Crippen molar-refractivity contribution in [1.82, 2.24) is 19.9 Å². The summed E-state index contributed by atoms with van der Waals surface area (Å²) in [6.45, 7) is 8.95. The van der Waals surface area contributed by atoms with Crippen LogP contribution in [-0.2, 0) is 10.2 Å². The first kappa shape index (κ1) is 24.8. The highest BCUT2D eigenvalue weighted by Crippen LogP contribution is 2.39. The molecule has 180 valence electrons. The van der Waals surface area contributed by atoms with Crippen LogP contribution in [0.2, 0.25) is 0 Å². The predicted molar refractivity (Wildman–Crippen MR) is 122 cm³/mol. The Labute approximate surface area is 195 Å². The van der Waals surface area contributed by atoms with Gasteiger partial charge in [0.05, 0.1) is 17.0 Å². The Morgan fingerprint density at radius 2 is 1.94 bits per heavy atom. The molecule has 3 aromatic rings. The molecule has 1 unspecified atom stereocenters. The number of carbonyl (C=O) groups is 1. The fourth-order valence-electron chi connectivity index (χ4n) is 3.16. The molecule has 0 aromatic carbocycles. The normalized spacial score (nSPS) is 13.1. The maximum Gasteiger partial charge on any atom is 0.257 e. The van der Waals surface area contributed by atoms with E-state index >= 15 is 0 Å². The van der Waals surface area contributed by atoms with Crippen molar-refractivity contribution in [1.29, 1.82) is 5.26 Å². The molecule has 3 rings (SSSR count). The number of rotatable bonds is 7. The number of aromatic nitrogens is 4. The van der Waals surface area contributed by atoms with E-state index in [4.69, 9.17) is 10.3 Å². The molecular formula is C23H27F2N7O2. The molecule has 3 N–H and O–H groups in total. The third kappa shape index (κ3) is 4.48. The van der Waals surface area contributed by atoms with Gasteiger partial charge in [-0.05, 0) is 46.2 Å². The lowest BCUT2D eigenvalue weighted by Gasteiger charge is -2.28. The second-order valence-corrected chi connectivity index (χ2v) is 9.04. The van der Waals surface area contributed by atoms with Crippen LogP contribution in [0.1, 0.15) is 70.4 Å². The summed E-state index contributed by atoms with van der Waals surface area (Å²) in [6.07, 6.45) is 1.51. The van der Waals surface area contributed by atoms with E-state index in [1.165, 1.54) is 26.1 Å². The van der Waals surface area contributed by atoms with Gasteiger partial charge in [-0.25, -0.2) is 13.5 Å². The number of alkyl halides is 2. The Morgan fingerprint density at radius 3 is 2.47 bits per heavy atom. The summed E-state index contributed by atoms with van der Waals surface area (Å²) in [5.41, 5.74) is 6.09. The summed E-state index contributed by atoms with van der Waals surface area (Å²) in [6, 6.07) is 6.69. The van der Waals surface area contributed by atoms with Crippen LogP contribution >= 0.6 is 0 Å². The molecule has 3 aromatic heterocycles. The molecule has 34 heavy (non-hydrogen) atoms. The number of nitrogens with two attached hydrogens (primary N) is 1. The Balaban J connectivity index is 1.77. The largest absolute Gasteiger partial charge is 0.383 e. The number of pyridine rings is 1. The van der Waals surface area contributed by atoms with Gasteiger partial charge in [0.25, 0.3) is 5.92 Å². The molecule has 1 atom stereocenters. The Morgan fingerprint density at radius 1 is 1.26 bits per heavy atom. The molecule has 3 heterocycles. The number of halogens is 2. The second kappa shape index (κ2) is 8.85. The summed E-state index contributed by atoms with van der Waals surface area (Å²) in [5, 5.41) is 20.2. The highest BCUT2D eigenvalue weighted by molar-refractivity contribution is 5.94. The third-order valence-electron chi connectivity index (χ3n) is 5.95. The lowest BCUT2D eigenvalue weighted by atomic mass is 9.84. The van der Waals surface area contributed by atoms with E-state index < -0.39 is 23.2 Å². The first-order valence-electron chi connectivity index (χ1n) is 10.7. The SMILES string of the molecule is CC(C(=O)Nc1cc(C(C)(C)C(C)(F)F)on1)c1ccc(-c2nn(C(C)C)c(N)c2C#N)nc1. The Kier molecular flexibility index (Phi) is 6.46. The van der Waals surface area contributed by atoms with Crippen molar-refractivity contribution in [2.45, 2.75) is 64.8 Å². The zero-order valence-corrected chi connectivity index (χ0v) is 19.8. The second-order valence-electron chi connectivity index (χ2n) is 9.04. The summed E-state index contributed by atoms with van der Waals surface area (Å²) >= 11 is 0. The van der Waals surface area contributed by atoms with Crippen LogP contribution in [0.3, 0.4) is 0 Å². The molecule has 0 saturated carbocycles. The van der Waals surface area contributed by atoms with Crippen LogP contribution < -0.4 is 11.1 Å². The molecule has 0 aliphatic carbocycles. The Bertz CT molecular complexity index is 1230. The maximum atomic E-state index is 13.9. The van der Waals surface area contributed by atoms with Crippen molar-refractivity contribution in [3.8, 4) is 17.5 Å². The van der Waals surface area contributed by atoms with Crippen molar-refractivity contribution in [2.75, 3.05) is 11.1 Å². The first-order chi connectivity index (χ1) is 15.8. The van der Waals surface area contributed by atoms with E-state index in [1.54, 1.807) is 23.7 Å². The molecule has 0 bridgehead atoms. The lowest BCUT2D eigenvalue weighted by Crippen LogP contribution is -2.37. The fourth-order valence-corrected chi connectivity index (χ4v) is 3.16. The topological polar surface area (TPSA) is 136 Å². The zero-order chi connectivity index (χ0) is 25.4. The number of carbonyl (C=O) groups excluding carboxylic acids is 1. The highest BCUT2D eigenvalue weighted by atomic mass is 19.3. The molecule has 0 spiro atoms. The van der Waals surface area contributed by atoms with E-state index in [9.17, 15) is 18.8 Å². The summed E-state index contributed by atoms with van der Waals surface area (Å²) < 4.78 is 34.3. The summed E-state index contributed by atoms with van der Waals surface area (Å²) in [4.78, 5) is 17.1. The third-order valence-corrected chi connectivity index (χ3v) is 5.95. The van der Waals surface area contributed by atoms with Crippen LogP contribution in [0.5, 0.6) is 0 Å². The number of nitriles is 1. The number of nitrogens with one attached hydrogen (secondary N) is 1. The summed E-state index contributed by atoms with van der Waals surface area (Å²) in [5.74, 6) is -3.82. The molecule has 0 radical (unpaired) electrons. The fraction of sp³-hybridized carbons (Fsp3) is 0.435. The number of nitrogens with zero attached hydrogens (tertiary/aromatic N) is 5. The number of hydrogen-bond donors (Lipinski definition) is 2. The maximum absolute atomic E-state index is 13.9. The number of hydrogen-bond acceptors (Lipinski definition) is 7. The Hall–Kier alpha value is -3.81. The average Bonchev–Trinajstić information content (AvgIpc) is 3.37. The van der Waals surface area contributed by atoms with Crippen LogP contribution in [-0.4, -0.2) is 31.8 Å². The standard InChI is InChI=1S/C23H27F2N7O2/c1-12(2)32-20(27)15(10-26)19(30-32)16-8-7-14(11-28-16)13(3)21(33)29-18-9-17(34-31-18)22(4,5)23(6,24)25/h7-9,11-13H,27H2,1-6H3,(H,29,31,33). The predicted octanol–water partition coefficient (Wildman–Crippen LogP) is 4.64. The van der Waals surface area contributed by atoms with Crippen molar-refractivity contribution < 1.29 is 18.1 Å². The molecule has 0 aliphatic heterocycles. The number of amides is 1. The van der Waals surface area contributed by atoms with Gasteiger partial charge in [0, 0.05) is 25.2 Å². The van der Waals surface area contributed by atoms with E-state index in [0.29, 0.717) is 17.0 Å². The van der Waals surface area contributed by atoms with Gasteiger partial charge in [-0.2, -0.15) is 10.4 Å². The highest BCUT2D eigenvalue weighted by Gasteiger charge is 2.46. The van der Waals surface area contributed by atoms with E-state index in [-0.39, 0.29) is 29.0 Å². The van der Waals surface area contributed by atoms with Gasteiger partial charge in [0.15, 0.2) is 11.6 Å². The van der Waals surface area contributed by atoms with Gasteiger partial charge in [-0.3, -0.25) is 9.78 Å². The van der Waals surface area contributed by atoms with Crippen molar-refractivity contribution in [3.63, 3.8) is 0 Å². The number of nitrogen functional groups attached to an aromatic ring is 1. The molecule has 9 nitrogen and oxygen atoms in total. The van der Waals surface area contributed by atoms with Crippen molar-refractivity contribution in [3.05, 3.63) is 41.3 Å². The molecule has 11 heteroatoms. The molecule has 1 amide bonds. The van der Waals surface area contributed by atoms with Crippen LogP contribution in [0.15, 0.2) is 28.9 Å². The van der Waals surface area contributed by atoms with Gasteiger partial charge in [0.1, 0.15) is 23.1 Å². The minimum atomic E-state index is -3.05. The van der Waals surface area contributed by atoms with Gasteiger partial charge >= 0.3 is 0 Å². The van der Waals surface area contributed by atoms with Gasteiger partial charge in [0.2, 0.25) is 5.91 Å². The summed E-state index contributed by atoms with van der Waals surface area (Å²) in [7, 11) is 0.